The van der Waals surface area contributed by atoms with Crippen LogP contribution in [-0.2, 0) is 0 Å². The van der Waals surface area contributed by atoms with E-state index in [1.165, 1.54) is 11.3 Å². The number of nitro benzene ring substituents is 1. The SMILES string of the molecule is C[C@H]1CN(c2ccc3scnc3c2[N+](=O)[O-])CCN1. The molecule has 1 aromatic heterocycles. The summed E-state index contributed by atoms with van der Waals surface area (Å²) >= 11 is 1.43. The maximum absolute atomic E-state index is 11.4. The third-order valence-corrected chi connectivity index (χ3v) is 4.14. The van der Waals surface area contributed by atoms with E-state index in [4.69, 9.17) is 0 Å². The molecular weight excluding hydrogens is 264 g/mol. The van der Waals surface area contributed by atoms with Gasteiger partial charge in [-0.2, -0.15) is 0 Å². The van der Waals surface area contributed by atoms with E-state index in [1.807, 2.05) is 12.1 Å². The first-order valence-electron chi connectivity index (χ1n) is 6.15. The van der Waals surface area contributed by atoms with Gasteiger partial charge in [-0.1, -0.05) is 0 Å². The molecule has 7 heteroatoms. The maximum Gasteiger partial charge on any atom is 0.319 e. The van der Waals surface area contributed by atoms with Crippen molar-refractivity contribution < 1.29 is 4.92 Å². The third kappa shape index (κ3) is 2.15. The molecule has 0 saturated carbocycles. The Labute approximate surface area is 114 Å². The van der Waals surface area contributed by atoms with Crippen LogP contribution in [0.4, 0.5) is 11.4 Å². The molecule has 0 aliphatic carbocycles. The first kappa shape index (κ1) is 12.3. The molecule has 1 saturated heterocycles. The van der Waals surface area contributed by atoms with Gasteiger partial charge in [0, 0.05) is 25.7 Å². The summed E-state index contributed by atoms with van der Waals surface area (Å²) in [6.45, 7) is 4.48. The largest absolute Gasteiger partial charge is 0.363 e. The lowest BCUT2D eigenvalue weighted by molar-refractivity contribution is -0.382. The molecule has 0 bridgehead atoms. The van der Waals surface area contributed by atoms with Crippen molar-refractivity contribution in [2.75, 3.05) is 24.5 Å². The zero-order valence-electron chi connectivity index (χ0n) is 10.5. The highest BCUT2D eigenvalue weighted by Gasteiger charge is 2.26. The Morgan fingerprint density at radius 1 is 1.58 bits per heavy atom. The quantitative estimate of drug-likeness (QED) is 0.672. The van der Waals surface area contributed by atoms with E-state index in [0.29, 0.717) is 17.2 Å². The molecular formula is C12H14N4O2S. The maximum atomic E-state index is 11.4. The van der Waals surface area contributed by atoms with E-state index in [2.05, 4.69) is 22.1 Å². The number of nitrogens with one attached hydrogen (secondary N) is 1. The summed E-state index contributed by atoms with van der Waals surface area (Å²) < 4.78 is 0.860. The Morgan fingerprint density at radius 2 is 2.42 bits per heavy atom. The van der Waals surface area contributed by atoms with Crippen LogP contribution in [-0.4, -0.2) is 35.6 Å². The molecule has 2 heterocycles. The standard InChI is InChI=1S/C12H14N4O2S/c1-8-6-15(5-4-13-8)9-2-3-10-11(14-7-19-10)12(9)16(17)18/h2-3,7-8,13H,4-6H2,1H3/t8-/m0/s1. The number of anilines is 1. The van der Waals surface area contributed by atoms with E-state index in [9.17, 15) is 10.1 Å². The molecule has 0 amide bonds. The molecule has 1 aromatic carbocycles. The van der Waals surface area contributed by atoms with Crippen LogP contribution in [0.15, 0.2) is 17.6 Å². The number of hydrogen-bond acceptors (Lipinski definition) is 6. The molecule has 100 valence electrons. The van der Waals surface area contributed by atoms with Crippen molar-refractivity contribution in [1.82, 2.24) is 10.3 Å². The Kier molecular flexibility index (Phi) is 3.08. The number of piperazine rings is 1. The lowest BCUT2D eigenvalue weighted by Gasteiger charge is -2.33. The van der Waals surface area contributed by atoms with Crippen LogP contribution < -0.4 is 10.2 Å². The van der Waals surface area contributed by atoms with Gasteiger partial charge >= 0.3 is 5.69 Å². The number of nitro groups is 1. The van der Waals surface area contributed by atoms with E-state index < -0.39 is 0 Å². The highest BCUT2D eigenvalue weighted by Crippen LogP contribution is 2.36. The molecule has 1 atom stereocenters. The molecule has 1 fully saturated rings. The summed E-state index contributed by atoms with van der Waals surface area (Å²) in [6.07, 6.45) is 0. The summed E-state index contributed by atoms with van der Waals surface area (Å²) in [4.78, 5) is 17.3. The number of thiazole rings is 1. The van der Waals surface area contributed by atoms with Crippen LogP contribution in [0.1, 0.15) is 6.92 Å². The second-order valence-electron chi connectivity index (χ2n) is 4.69. The normalized spacial score (nSPS) is 19.8. The fourth-order valence-corrected chi connectivity index (χ4v) is 3.17. The van der Waals surface area contributed by atoms with Gasteiger partial charge in [0.05, 0.1) is 15.1 Å². The number of benzene rings is 1. The zero-order chi connectivity index (χ0) is 13.4. The van der Waals surface area contributed by atoms with Gasteiger partial charge in [-0.15, -0.1) is 11.3 Å². The van der Waals surface area contributed by atoms with Crippen molar-refractivity contribution in [2.24, 2.45) is 0 Å². The summed E-state index contributed by atoms with van der Waals surface area (Å²) in [5, 5.41) is 14.7. The van der Waals surface area contributed by atoms with Gasteiger partial charge in [0.2, 0.25) is 0 Å². The number of hydrogen-bond donors (Lipinski definition) is 1. The fraction of sp³-hybridized carbons (Fsp3) is 0.417. The Balaban J connectivity index is 2.11. The van der Waals surface area contributed by atoms with Gasteiger partial charge in [0.15, 0.2) is 5.52 Å². The van der Waals surface area contributed by atoms with Crippen LogP contribution in [0.25, 0.3) is 10.2 Å². The average molecular weight is 278 g/mol. The Hall–Kier alpha value is -1.73. The Morgan fingerprint density at radius 3 is 3.16 bits per heavy atom. The summed E-state index contributed by atoms with van der Waals surface area (Å²) in [7, 11) is 0. The van der Waals surface area contributed by atoms with Crippen LogP contribution in [0.3, 0.4) is 0 Å². The summed E-state index contributed by atoms with van der Waals surface area (Å²) in [6, 6.07) is 4.10. The molecule has 6 nitrogen and oxygen atoms in total. The minimum Gasteiger partial charge on any atom is -0.363 e. The van der Waals surface area contributed by atoms with Crippen molar-refractivity contribution in [1.29, 1.82) is 0 Å². The third-order valence-electron chi connectivity index (χ3n) is 3.35. The van der Waals surface area contributed by atoms with E-state index >= 15 is 0 Å². The van der Waals surface area contributed by atoms with E-state index in [1.54, 1.807) is 5.51 Å². The van der Waals surface area contributed by atoms with Gasteiger partial charge in [-0.3, -0.25) is 10.1 Å². The predicted molar refractivity (Wildman–Crippen MR) is 76.0 cm³/mol. The van der Waals surface area contributed by atoms with Crippen LogP contribution in [0.2, 0.25) is 0 Å². The zero-order valence-corrected chi connectivity index (χ0v) is 11.3. The second kappa shape index (κ2) is 4.75. The number of fused-ring (bicyclic) bond motifs is 1. The molecule has 1 N–H and O–H groups in total. The van der Waals surface area contributed by atoms with Crippen molar-refractivity contribution in [3.05, 3.63) is 27.8 Å². The molecule has 0 spiro atoms. The van der Waals surface area contributed by atoms with Crippen molar-refractivity contribution >= 4 is 32.9 Å². The van der Waals surface area contributed by atoms with Crippen LogP contribution in [0, 0.1) is 10.1 Å². The summed E-state index contributed by atoms with van der Waals surface area (Å²) in [5.41, 5.74) is 2.96. The summed E-state index contributed by atoms with van der Waals surface area (Å²) in [5.74, 6) is 0. The average Bonchev–Trinajstić information content (AvgIpc) is 2.85. The predicted octanol–water partition coefficient (Wildman–Crippen LogP) is 2.00. The number of nitrogens with zero attached hydrogens (tertiary/aromatic N) is 3. The fourth-order valence-electron chi connectivity index (χ4n) is 2.49. The van der Waals surface area contributed by atoms with Crippen LogP contribution >= 0.6 is 11.3 Å². The lowest BCUT2D eigenvalue weighted by Crippen LogP contribution is -2.49. The van der Waals surface area contributed by atoms with Crippen molar-refractivity contribution in [2.45, 2.75) is 13.0 Å². The first-order valence-corrected chi connectivity index (χ1v) is 7.03. The van der Waals surface area contributed by atoms with Gasteiger partial charge in [0.25, 0.3) is 0 Å². The molecule has 1 aliphatic heterocycles. The molecule has 3 rings (SSSR count). The molecule has 19 heavy (non-hydrogen) atoms. The van der Waals surface area contributed by atoms with Crippen LogP contribution in [0.5, 0.6) is 0 Å². The highest BCUT2D eigenvalue weighted by atomic mass is 32.1. The molecule has 1 aliphatic rings. The molecule has 0 radical (unpaired) electrons. The van der Waals surface area contributed by atoms with E-state index in [0.717, 1.165) is 24.3 Å². The van der Waals surface area contributed by atoms with E-state index in [-0.39, 0.29) is 10.6 Å². The number of rotatable bonds is 2. The molecule has 0 unspecified atom stereocenters. The van der Waals surface area contributed by atoms with Crippen molar-refractivity contribution in [3.8, 4) is 0 Å². The minimum absolute atomic E-state index is 0.132. The van der Waals surface area contributed by atoms with Gasteiger partial charge in [-0.25, -0.2) is 4.98 Å². The number of aromatic nitrogens is 1. The highest BCUT2D eigenvalue weighted by molar-refractivity contribution is 7.16. The monoisotopic (exact) mass is 278 g/mol. The van der Waals surface area contributed by atoms with Gasteiger partial charge in [0.1, 0.15) is 5.69 Å². The Bertz CT molecular complexity index is 627. The first-order chi connectivity index (χ1) is 9.16. The van der Waals surface area contributed by atoms with Gasteiger partial charge < -0.3 is 10.2 Å². The lowest BCUT2D eigenvalue weighted by atomic mass is 10.1. The minimum atomic E-state index is -0.315. The van der Waals surface area contributed by atoms with Crippen molar-refractivity contribution in [3.63, 3.8) is 0 Å². The topological polar surface area (TPSA) is 71.3 Å². The van der Waals surface area contributed by atoms with Gasteiger partial charge in [-0.05, 0) is 19.1 Å². The molecule has 2 aromatic rings. The second-order valence-corrected chi connectivity index (χ2v) is 5.58. The smallest absolute Gasteiger partial charge is 0.319 e.